The monoisotopic (exact) mass is 562 g/mol. The number of aryl methyl sites for hydroxylation is 1. The molecule has 0 bridgehead atoms. The van der Waals surface area contributed by atoms with Crippen LogP contribution >= 0.6 is 23.2 Å². The first kappa shape index (κ1) is 26.9. The summed E-state index contributed by atoms with van der Waals surface area (Å²) >= 11 is 12.8. The molecule has 1 aliphatic heterocycles. The number of alkyl halides is 3. The fraction of sp³-hybridized carbons (Fsp3) is 0.375. The highest BCUT2D eigenvalue weighted by Crippen LogP contribution is 2.38. The van der Waals surface area contributed by atoms with Crippen LogP contribution in [0.15, 0.2) is 41.3 Å². The van der Waals surface area contributed by atoms with Gasteiger partial charge in [0.1, 0.15) is 22.8 Å². The van der Waals surface area contributed by atoms with Gasteiger partial charge in [0.15, 0.2) is 0 Å². The minimum absolute atomic E-state index is 0.0251. The Kier molecular flexibility index (Phi) is 7.47. The summed E-state index contributed by atoms with van der Waals surface area (Å²) in [6, 6.07) is 7.92. The van der Waals surface area contributed by atoms with Crippen LogP contribution in [0.1, 0.15) is 30.7 Å². The second-order valence-electron chi connectivity index (χ2n) is 8.67. The molecule has 0 unspecified atom stereocenters. The molecule has 4 rings (SSSR count). The Labute approximate surface area is 217 Å². The van der Waals surface area contributed by atoms with E-state index in [0.29, 0.717) is 0 Å². The van der Waals surface area contributed by atoms with E-state index in [9.17, 15) is 21.6 Å². The van der Waals surface area contributed by atoms with Crippen LogP contribution in [0.3, 0.4) is 0 Å². The Hall–Kier alpha value is -2.11. The van der Waals surface area contributed by atoms with Gasteiger partial charge in [0.2, 0.25) is 10.0 Å². The van der Waals surface area contributed by atoms with Gasteiger partial charge in [-0.25, -0.2) is 13.4 Å². The molecule has 2 atom stereocenters. The van der Waals surface area contributed by atoms with E-state index in [1.54, 1.807) is 13.8 Å². The Morgan fingerprint density at radius 2 is 1.81 bits per heavy atom. The van der Waals surface area contributed by atoms with Crippen LogP contribution in [0.4, 0.5) is 13.2 Å². The van der Waals surface area contributed by atoms with E-state index in [1.165, 1.54) is 41.6 Å². The number of ether oxygens (including phenoxy) is 2. The second-order valence-corrected chi connectivity index (χ2v) is 11.4. The molecule has 0 saturated carbocycles. The predicted octanol–water partition coefficient (Wildman–Crippen LogP) is 6.25. The zero-order valence-corrected chi connectivity index (χ0v) is 21.9. The summed E-state index contributed by atoms with van der Waals surface area (Å²) in [5, 5.41) is -0.0765. The smallest absolute Gasteiger partial charge is 0.417 e. The quantitative estimate of drug-likeness (QED) is 0.368. The molecule has 6 nitrogen and oxygen atoms in total. The second kappa shape index (κ2) is 9.98. The molecule has 2 aromatic carbocycles. The summed E-state index contributed by atoms with van der Waals surface area (Å²) in [6.45, 7) is 5.07. The van der Waals surface area contributed by atoms with Gasteiger partial charge in [-0.05, 0) is 45.0 Å². The molecule has 0 aliphatic carbocycles. The van der Waals surface area contributed by atoms with Crippen LogP contribution in [-0.2, 0) is 27.5 Å². The van der Waals surface area contributed by atoms with Crippen molar-refractivity contribution in [2.45, 2.75) is 50.7 Å². The van der Waals surface area contributed by atoms with Crippen LogP contribution in [0.25, 0.3) is 10.9 Å². The van der Waals surface area contributed by atoms with Crippen LogP contribution in [-0.4, -0.2) is 43.0 Å². The number of rotatable bonds is 5. The highest BCUT2D eigenvalue weighted by Gasteiger charge is 2.35. The lowest BCUT2D eigenvalue weighted by Gasteiger charge is -2.34. The van der Waals surface area contributed by atoms with Gasteiger partial charge < -0.3 is 9.47 Å². The minimum atomic E-state index is -4.58. The topological polar surface area (TPSA) is 68.7 Å². The summed E-state index contributed by atoms with van der Waals surface area (Å²) in [5.41, 5.74) is -0.441. The average Bonchev–Trinajstić information content (AvgIpc) is 2.77. The van der Waals surface area contributed by atoms with Gasteiger partial charge in [-0.3, -0.25) is 0 Å². The van der Waals surface area contributed by atoms with Crippen molar-refractivity contribution in [3.63, 3.8) is 0 Å². The fourth-order valence-electron chi connectivity index (χ4n) is 4.22. The Morgan fingerprint density at radius 3 is 2.44 bits per heavy atom. The molecular weight excluding hydrogens is 540 g/mol. The van der Waals surface area contributed by atoms with Gasteiger partial charge >= 0.3 is 6.18 Å². The van der Waals surface area contributed by atoms with Crippen molar-refractivity contribution in [2.75, 3.05) is 13.1 Å². The Bertz CT molecular complexity index is 1410. The average molecular weight is 563 g/mol. The van der Waals surface area contributed by atoms with Crippen molar-refractivity contribution >= 4 is 44.1 Å². The van der Waals surface area contributed by atoms with Gasteiger partial charge in [0, 0.05) is 34.8 Å². The van der Waals surface area contributed by atoms with Gasteiger partial charge in [-0.1, -0.05) is 35.3 Å². The molecule has 0 radical (unpaired) electrons. The number of halogens is 5. The third-order valence-corrected chi connectivity index (χ3v) is 8.53. The zero-order chi connectivity index (χ0) is 26.4. The minimum Gasteiger partial charge on any atom is -0.487 e. The van der Waals surface area contributed by atoms with Gasteiger partial charge in [0.05, 0.1) is 22.8 Å². The van der Waals surface area contributed by atoms with Crippen molar-refractivity contribution in [1.82, 2.24) is 9.29 Å². The number of para-hydroxylation sites is 1. The lowest BCUT2D eigenvalue weighted by Crippen LogP contribution is -2.48. The number of pyridine rings is 1. The van der Waals surface area contributed by atoms with Crippen molar-refractivity contribution in [3.05, 3.63) is 63.3 Å². The molecular formula is C24H23Cl2F3N2O4S. The van der Waals surface area contributed by atoms with Crippen molar-refractivity contribution < 1.29 is 31.1 Å². The number of aromatic nitrogens is 1. The SMILES string of the molecule is Cc1cc(C(F)(F)F)c2cccc(OCc3c(Cl)ccc(S(=O)(=O)N4C[C@@H](C)O[C@@H](C)C4)c3Cl)c2n1. The summed E-state index contributed by atoms with van der Waals surface area (Å²) in [4.78, 5) is 4.09. The number of fused-ring (bicyclic) bond motifs is 1. The third-order valence-electron chi connectivity index (χ3n) is 5.76. The molecule has 0 amide bonds. The first-order valence-electron chi connectivity index (χ1n) is 11.0. The standard InChI is InChI=1S/C24H23Cl2F3N2O4S/c1-13-9-18(24(27,28)29)16-5-4-6-20(23(16)30-13)34-12-17-19(25)7-8-21(22(17)26)36(32,33)31-10-14(2)35-15(3)11-31/h4-9,14-15H,10-12H2,1-3H3/t14-,15+. The molecule has 0 N–H and O–H groups in total. The predicted molar refractivity (Wildman–Crippen MR) is 131 cm³/mol. The first-order valence-corrected chi connectivity index (χ1v) is 13.2. The molecule has 1 saturated heterocycles. The van der Waals surface area contributed by atoms with Gasteiger partial charge in [0.25, 0.3) is 0 Å². The summed E-state index contributed by atoms with van der Waals surface area (Å²) in [6.07, 6.45) is -5.16. The third kappa shape index (κ3) is 5.28. The molecule has 12 heteroatoms. The highest BCUT2D eigenvalue weighted by molar-refractivity contribution is 7.89. The van der Waals surface area contributed by atoms with Gasteiger partial charge in [-0.15, -0.1) is 0 Å². The normalized spacial score (nSPS) is 19.6. The number of hydrogen-bond donors (Lipinski definition) is 0. The Balaban J connectivity index is 1.69. The van der Waals surface area contributed by atoms with E-state index >= 15 is 0 Å². The van der Waals surface area contributed by atoms with E-state index in [0.717, 1.165) is 6.07 Å². The Morgan fingerprint density at radius 1 is 1.14 bits per heavy atom. The van der Waals surface area contributed by atoms with Crippen LogP contribution < -0.4 is 4.74 Å². The molecule has 1 aliphatic rings. The van der Waals surface area contributed by atoms with E-state index in [1.807, 2.05) is 0 Å². The molecule has 2 heterocycles. The van der Waals surface area contributed by atoms with E-state index in [2.05, 4.69) is 4.98 Å². The number of nitrogens with zero attached hydrogens (tertiary/aromatic N) is 2. The number of morpholine rings is 1. The van der Waals surface area contributed by atoms with Crippen molar-refractivity contribution in [3.8, 4) is 5.75 Å². The zero-order valence-electron chi connectivity index (χ0n) is 19.6. The number of benzene rings is 2. The first-order chi connectivity index (χ1) is 16.8. The highest BCUT2D eigenvalue weighted by atomic mass is 35.5. The maximum absolute atomic E-state index is 13.6. The lowest BCUT2D eigenvalue weighted by molar-refractivity contribution is -0.136. The van der Waals surface area contributed by atoms with Crippen LogP contribution in [0, 0.1) is 6.92 Å². The largest absolute Gasteiger partial charge is 0.487 e. The summed E-state index contributed by atoms with van der Waals surface area (Å²) in [5.74, 6) is 0.0814. The molecule has 36 heavy (non-hydrogen) atoms. The maximum atomic E-state index is 13.6. The van der Waals surface area contributed by atoms with E-state index in [4.69, 9.17) is 32.7 Å². The maximum Gasteiger partial charge on any atom is 0.417 e. The number of sulfonamides is 1. The number of hydrogen-bond acceptors (Lipinski definition) is 5. The molecule has 194 valence electrons. The van der Waals surface area contributed by atoms with E-state index < -0.39 is 21.8 Å². The fourth-order valence-corrected chi connectivity index (χ4v) is 6.68. The molecule has 1 fully saturated rings. The molecule has 0 spiro atoms. The van der Waals surface area contributed by atoms with E-state index in [-0.39, 0.29) is 74.8 Å². The van der Waals surface area contributed by atoms with Crippen molar-refractivity contribution in [2.24, 2.45) is 0 Å². The lowest BCUT2D eigenvalue weighted by atomic mass is 10.1. The summed E-state index contributed by atoms with van der Waals surface area (Å²) < 4.78 is 80.2. The van der Waals surface area contributed by atoms with Crippen molar-refractivity contribution in [1.29, 1.82) is 0 Å². The summed E-state index contributed by atoms with van der Waals surface area (Å²) in [7, 11) is -3.97. The van der Waals surface area contributed by atoms with Crippen LogP contribution in [0.2, 0.25) is 10.0 Å². The van der Waals surface area contributed by atoms with Gasteiger partial charge in [-0.2, -0.15) is 17.5 Å². The van der Waals surface area contributed by atoms with Crippen LogP contribution in [0.5, 0.6) is 5.75 Å². The molecule has 3 aromatic rings. The molecule has 1 aromatic heterocycles.